The molecule has 8 heteroatoms. The van der Waals surface area contributed by atoms with Crippen molar-refractivity contribution in [1.29, 1.82) is 0 Å². The first-order valence-corrected chi connectivity index (χ1v) is 5.43. The predicted molar refractivity (Wildman–Crippen MR) is 65.8 cm³/mol. The summed E-state index contributed by atoms with van der Waals surface area (Å²) in [5.74, 6) is -2.43. The number of carbonyl (C=O) groups is 2. The number of methoxy groups -OCH3 is 1. The number of nitrogens with two attached hydrogens (primary N) is 1. The van der Waals surface area contributed by atoms with Crippen molar-refractivity contribution in [3.8, 4) is 0 Å². The number of benzene rings is 1. The van der Waals surface area contributed by atoms with Crippen LogP contribution in [0.15, 0.2) is 12.1 Å². The van der Waals surface area contributed by atoms with E-state index >= 15 is 0 Å². The number of carboxylic acid groups (broad SMARTS) is 1. The van der Waals surface area contributed by atoms with Crippen LogP contribution in [0.1, 0.15) is 22.0 Å². The molecule has 0 aliphatic carbocycles. The first-order valence-electron chi connectivity index (χ1n) is 5.05. The molecule has 0 aromatic heterocycles. The fourth-order valence-corrected chi connectivity index (χ4v) is 1.71. The second-order valence-electron chi connectivity index (χ2n) is 3.67. The maximum absolute atomic E-state index is 11.1. The molecule has 104 valence electrons. The standard InChI is InChI=1S/C11H12ClNO6/c1-19-11(18)9(15)8(14)5-2-4(12)3-6(7(5)13)10(16)17/h2-3,8-9,14-15H,13H2,1H3,(H,16,17). The highest BCUT2D eigenvalue weighted by Gasteiger charge is 2.29. The lowest BCUT2D eigenvalue weighted by atomic mass is 9.99. The topological polar surface area (TPSA) is 130 Å². The van der Waals surface area contributed by atoms with E-state index in [0.717, 1.165) is 13.2 Å². The zero-order valence-corrected chi connectivity index (χ0v) is 10.6. The van der Waals surface area contributed by atoms with E-state index < -0.39 is 24.1 Å². The molecule has 0 amide bonds. The average Bonchev–Trinajstić information content (AvgIpc) is 2.37. The molecule has 0 aliphatic heterocycles. The van der Waals surface area contributed by atoms with Gasteiger partial charge in [0, 0.05) is 10.6 Å². The van der Waals surface area contributed by atoms with E-state index in [1.54, 1.807) is 0 Å². The Balaban J connectivity index is 3.27. The zero-order chi connectivity index (χ0) is 14.7. The van der Waals surface area contributed by atoms with Crippen molar-refractivity contribution in [1.82, 2.24) is 0 Å². The third-order valence-corrected chi connectivity index (χ3v) is 2.69. The fraction of sp³-hybridized carbons (Fsp3) is 0.273. The molecular weight excluding hydrogens is 278 g/mol. The molecule has 0 heterocycles. The molecular formula is C11H12ClNO6. The third kappa shape index (κ3) is 3.14. The van der Waals surface area contributed by atoms with E-state index in [1.807, 2.05) is 0 Å². The van der Waals surface area contributed by atoms with Crippen molar-refractivity contribution in [2.24, 2.45) is 0 Å². The number of esters is 1. The molecule has 0 saturated heterocycles. The van der Waals surface area contributed by atoms with Crippen LogP contribution in [0.5, 0.6) is 0 Å². The Morgan fingerprint density at radius 3 is 2.42 bits per heavy atom. The second kappa shape index (κ2) is 5.87. The summed E-state index contributed by atoms with van der Waals surface area (Å²) in [7, 11) is 1.03. The van der Waals surface area contributed by atoms with E-state index in [0.29, 0.717) is 0 Å². The minimum Gasteiger partial charge on any atom is -0.478 e. The van der Waals surface area contributed by atoms with Crippen LogP contribution in [-0.4, -0.2) is 40.5 Å². The van der Waals surface area contributed by atoms with Crippen LogP contribution in [0.2, 0.25) is 5.02 Å². The first-order chi connectivity index (χ1) is 8.79. The number of nitrogen functional groups attached to an aromatic ring is 1. The Morgan fingerprint density at radius 2 is 1.95 bits per heavy atom. The Hall–Kier alpha value is -1.83. The van der Waals surface area contributed by atoms with Crippen LogP contribution in [0.3, 0.4) is 0 Å². The summed E-state index contributed by atoms with van der Waals surface area (Å²) in [5, 5.41) is 28.2. The van der Waals surface area contributed by atoms with Gasteiger partial charge in [-0.25, -0.2) is 9.59 Å². The van der Waals surface area contributed by atoms with Gasteiger partial charge in [-0.15, -0.1) is 0 Å². The number of aliphatic hydroxyl groups is 2. The molecule has 0 fully saturated rings. The van der Waals surface area contributed by atoms with Gasteiger partial charge >= 0.3 is 11.9 Å². The molecule has 2 atom stereocenters. The van der Waals surface area contributed by atoms with Crippen molar-refractivity contribution in [3.63, 3.8) is 0 Å². The lowest BCUT2D eigenvalue weighted by Gasteiger charge is -2.19. The van der Waals surface area contributed by atoms with E-state index in [9.17, 15) is 19.8 Å². The van der Waals surface area contributed by atoms with Crippen molar-refractivity contribution < 1.29 is 29.6 Å². The largest absolute Gasteiger partial charge is 0.478 e. The molecule has 19 heavy (non-hydrogen) atoms. The number of carboxylic acids is 1. The Labute approximate surface area is 113 Å². The normalized spacial score (nSPS) is 13.7. The van der Waals surface area contributed by atoms with Crippen LogP contribution in [0.4, 0.5) is 5.69 Å². The molecule has 1 aromatic carbocycles. The zero-order valence-electron chi connectivity index (χ0n) is 9.83. The van der Waals surface area contributed by atoms with Gasteiger partial charge in [0.1, 0.15) is 6.10 Å². The van der Waals surface area contributed by atoms with E-state index in [1.165, 1.54) is 6.07 Å². The number of hydrogen-bond donors (Lipinski definition) is 4. The molecule has 7 nitrogen and oxygen atoms in total. The summed E-state index contributed by atoms with van der Waals surface area (Å²) < 4.78 is 4.26. The molecule has 2 unspecified atom stereocenters. The number of ether oxygens (including phenoxy) is 1. The number of halogens is 1. The van der Waals surface area contributed by atoms with Gasteiger partial charge in [-0.2, -0.15) is 0 Å². The number of carbonyl (C=O) groups excluding carboxylic acids is 1. The van der Waals surface area contributed by atoms with Gasteiger partial charge in [0.25, 0.3) is 0 Å². The molecule has 0 saturated carbocycles. The van der Waals surface area contributed by atoms with Crippen molar-refractivity contribution >= 4 is 29.2 Å². The van der Waals surface area contributed by atoms with Gasteiger partial charge in [0.05, 0.1) is 18.4 Å². The first kappa shape index (κ1) is 15.2. The van der Waals surface area contributed by atoms with Gasteiger partial charge in [-0.3, -0.25) is 0 Å². The quantitative estimate of drug-likeness (QED) is 0.459. The Kier molecular flexibility index (Phi) is 4.71. The summed E-state index contributed by atoms with van der Waals surface area (Å²) >= 11 is 5.70. The van der Waals surface area contributed by atoms with Gasteiger partial charge < -0.3 is 25.8 Å². The van der Waals surface area contributed by atoms with Crippen LogP contribution >= 0.6 is 11.6 Å². The average molecular weight is 290 g/mol. The highest BCUT2D eigenvalue weighted by molar-refractivity contribution is 6.31. The highest BCUT2D eigenvalue weighted by Crippen LogP contribution is 2.30. The molecule has 0 bridgehead atoms. The fourth-order valence-electron chi connectivity index (χ4n) is 1.48. The summed E-state index contributed by atoms with van der Waals surface area (Å²) in [5.41, 5.74) is 4.79. The lowest BCUT2D eigenvalue weighted by molar-refractivity contribution is -0.156. The van der Waals surface area contributed by atoms with E-state index in [2.05, 4.69) is 4.74 Å². The molecule has 0 spiro atoms. The smallest absolute Gasteiger partial charge is 0.337 e. The van der Waals surface area contributed by atoms with Gasteiger partial charge in [-0.1, -0.05) is 11.6 Å². The number of hydrogen-bond acceptors (Lipinski definition) is 6. The third-order valence-electron chi connectivity index (χ3n) is 2.47. The van der Waals surface area contributed by atoms with Crippen LogP contribution in [0, 0.1) is 0 Å². The predicted octanol–water partition coefficient (Wildman–Crippen LogP) is 0.188. The number of rotatable bonds is 4. The monoisotopic (exact) mass is 289 g/mol. The van der Waals surface area contributed by atoms with Crippen molar-refractivity contribution in [2.75, 3.05) is 12.8 Å². The molecule has 0 radical (unpaired) electrons. The van der Waals surface area contributed by atoms with Gasteiger partial charge in [0.2, 0.25) is 0 Å². The van der Waals surface area contributed by atoms with E-state index in [4.69, 9.17) is 22.4 Å². The lowest BCUT2D eigenvalue weighted by Crippen LogP contribution is -2.29. The number of anilines is 1. The van der Waals surface area contributed by atoms with Crippen LogP contribution in [-0.2, 0) is 9.53 Å². The van der Waals surface area contributed by atoms with Gasteiger partial charge in [0.15, 0.2) is 6.10 Å². The Morgan fingerprint density at radius 1 is 1.37 bits per heavy atom. The van der Waals surface area contributed by atoms with Crippen molar-refractivity contribution in [3.05, 3.63) is 28.3 Å². The minimum atomic E-state index is -1.90. The SMILES string of the molecule is COC(=O)C(O)C(O)c1cc(Cl)cc(C(=O)O)c1N. The Bertz CT molecular complexity index is 518. The van der Waals surface area contributed by atoms with Crippen molar-refractivity contribution in [2.45, 2.75) is 12.2 Å². The van der Waals surface area contributed by atoms with E-state index in [-0.39, 0.29) is 21.8 Å². The number of aliphatic hydroxyl groups excluding tert-OH is 2. The maximum Gasteiger partial charge on any atom is 0.337 e. The summed E-state index contributed by atoms with van der Waals surface area (Å²) in [6.45, 7) is 0. The van der Waals surface area contributed by atoms with Gasteiger partial charge in [-0.05, 0) is 12.1 Å². The molecule has 0 aliphatic rings. The highest BCUT2D eigenvalue weighted by atomic mass is 35.5. The van der Waals surface area contributed by atoms with Crippen LogP contribution < -0.4 is 5.73 Å². The summed E-state index contributed by atoms with van der Waals surface area (Å²) in [4.78, 5) is 22.1. The number of aromatic carboxylic acids is 1. The maximum atomic E-state index is 11.1. The molecule has 1 aromatic rings. The summed E-state index contributed by atoms with van der Waals surface area (Å²) in [6, 6.07) is 2.26. The molecule has 5 N–H and O–H groups in total. The minimum absolute atomic E-state index is 0.00211. The van der Waals surface area contributed by atoms with Crippen LogP contribution in [0.25, 0.3) is 0 Å². The summed E-state index contributed by atoms with van der Waals surface area (Å²) in [6.07, 6.45) is -3.64. The second-order valence-corrected chi connectivity index (χ2v) is 4.11. The molecule has 1 rings (SSSR count).